The number of carbonyl (C=O) groups excluding carboxylic acids is 3. The van der Waals surface area contributed by atoms with Crippen LogP contribution < -0.4 is 20.7 Å². The average Bonchev–Trinajstić information content (AvgIpc) is 3.70. The minimum absolute atomic E-state index is 0.00237. The standard InChI is InChI=1S/C43H49N3O12/c1-19-11-10-12-20(2)42(54)45-33-34-32(44-28-17-26(18-47)13-15-46(28)34)29-30(38(33)52)37(51)24(6)40-31(29)41(53)43(8,58-40)56-16-14-27(55-9)21(3)39(57-25(7)48)23(5)36(50)22(4)35(19)49/h10-19,21-23,27,35-36,39,44,47,49-50,52H,1-9H3/b11-10+,16-14+,20-12-,26-18+,45-33?/t19-,21+,22+,23+,27-,35-,36+,39+,43-/m0/s1. The maximum Gasteiger partial charge on any atom is 0.312 e. The lowest BCUT2D eigenvalue weighted by molar-refractivity contribution is -0.160. The summed E-state index contributed by atoms with van der Waals surface area (Å²) in [7, 11) is 1.44. The number of ketones is 1. The molecule has 9 atom stereocenters. The molecule has 4 bridgehead atoms. The van der Waals surface area contributed by atoms with Crippen LogP contribution in [0.2, 0.25) is 0 Å². The van der Waals surface area contributed by atoms with E-state index in [0.29, 0.717) is 10.9 Å². The number of aromatic amines is 1. The topological polar surface area (TPSA) is 219 Å². The van der Waals surface area contributed by atoms with Crippen LogP contribution in [0, 0.1) is 30.6 Å². The van der Waals surface area contributed by atoms with Crippen LogP contribution in [0.3, 0.4) is 0 Å². The average molecular weight is 800 g/mol. The predicted octanol–water partition coefficient (Wildman–Crippen LogP) is 3.94. The van der Waals surface area contributed by atoms with Gasteiger partial charge in [-0.25, -0.2) is 4.99 Å². The summed E-state index contributed by atoms with van der Waals surface area (Å²) in [5.74, 6) is -7.24. The zero-order valence-corrected chi connectivity index (χ0v) is 33.8. The Labute approximate surface area is 333 Å². The van der Waals surface area contributed by atoms with E-state index in [-0.39, 0.29) is 49.6 Å². The highest BCUT2D eigenvalue weighted by molar-refractivity contribution is 6.23. The van der Waals surface area contributed by atoms with Gasteiger partial charge in [0.05, 0.1) is 47.3 Å². The molecule has 4 heterocycles. The fourth-order valence-electron chi connectivity index (χ4n) is 8.03. The van der Waals surface area contributed by atoms with Gasteiger partial charge in [-0.2, -0.15) is 0 Å². The first-order valence-corrected chi connectivity index (χ1v) is 19.0. The second-order valence-electron chi connectivity index (χ2n) is 15.5. The number of carbonyl (C=O) groups is 3. The first-order valence-electron chi connectivity index (χ1n) is 19.0. The molecule has 2 aromatic carbocycles. The number of rotatable bonds is 2. The molecule has 0 radical (unpaired) electrons. The number of imidazole rings is 1. The number of nitrogens with one attached hydrogen (secondary N) is 1. The van der Waals surface area contributed by atoms with E-state index in [2.05, 4.69) is 9.98 Å². The molecule has 0 unspecified atom stereocenters. The number of hydrogen-bond donors (Lipinski definition) is 5. The van der Waals surface area contributed by atoms with Crippen molar-refractivity contribution in [1.82, 2.24) is 9.38 Å². The van der Waals surface area contributed by atoms with Crippen molar-refractivity contribution in [3.05, 3.63) is 86.4 Å². The first-order chi connectivity index (χ1) is 27.4. The number of methoxy groups -OCH3 is 1. The van der Waals surface area contributed by atoms with Gasteiger partial charge < -0.3 is 44.4 Å². The number of fused-ring (bicyclic) bond motifs is 2. The van der Waals surface area contributed by atoms with E-state index in [1.54, 1.807) is 62.6 Å². The number of aromatic hydroxyl groups is 1. The van der Waals surface area contributed by atoms with Crippen molar-refractivity contribution in [3.63, 3.8) is 0 Å². The van der Waals surface area contributed by atoms with Crippen molar-refractivity contribution in [2.75, 3.05) is 7.11 Å². The van der Waals surface area contributed by atoms with Crippen LogP contribution in [-0.4, -0.2) is 84.8 Å². The summed E-state index contributed by atoms with van der Waals surface area (Å²) in [6, 6.07) is 3.16. The summed E-state index contributed by atoms with van der Waals surface area (Å²) >= 11 is 0. The third-order valence-electron chi connectivity index (χ3n) is 11.5. The number of esters is 1. The fraction of sp³-hybridized carbons (Fsp3) is 0.419. The van der Waals surface area contributed by atoms with Gasteiger partial charge in [-0.15, -0.1) is 0 Å². The third-order valence-corrected chi connectivity index (χ3v) is 11.5. The number of allylic oxidation sites excluding steroid dienone is 2. The van der Waals surface area contributed by atoms with E-state index in [4.69, 9.17) is 18.9 Å². The highest BCUT2D eigenvalue weighted by Crippen LogP contribution is 2.44. The number of Topliss-reactive ketones (excluding diaryl/α,β-unsaturated/α-hetero) is 1. The number of aromatic nitrogens is 2. The van der Waals surface area contributed by atoms with Gasteiger partial charge in [-0.05, 0) is 32.1 Å². The van der Waals surface area contributed by atoms with Crippen LogP contribution in [0.4, 0.5) is 0 Å². The van der Waals surface area contributed by atoms with Gasteiger partial charge in [0.2, 0.25) is 0 Å². The van der Waals surface area contributed by atoms with Gasteiger partial charge in [0.25, 0.3) is 11.7 Å². The van der Waals surface area contributed by atoms with Gasteiger partial charge in [-0.1, -0.05) is 45.9 Å². The molecule has 0 aliphatic carbocycles. The van der Waals surface area contributed by atoms with Gasteiger partial charge in [-0.3, -0.25) is 23.6 Å². The molecule has 58 heavy (non-hydrogen) atoms. The van der Waals surface area contributed by atoms with Crippen LogP contribution in [0.1, 0.15) is 64.4 Å². The molecule has 0 fully saturated rings. The number of pyridine rings is 1. The largest absolute Gasteiger partial charge is 0.515 e. The van der Waals surface area contributed by atoms with E-state index in [9.17, 15) is 39.6 Å². The Kier molecular flexibility index (Phi) is 11.5. The second-order valence-corrected chi connectivity index (χ2v) is 15.5. The van der Waals surface area contributed by atoms with Crippen molar-refractivity contribution < 1.29 is 53.8 Å². The molecule has 2 aliphatic heterocycles. The lowest BCUT2D eigenvalue weighted by Crippen LogP contribution is -2.46. The van der Waals surface area contributed by atoms with E-state index in [1.807, 2.05) is 0 Å². The Balaban J connectivity index is 1.63. The maximum atomic E-state index is 14.6. The quantitative estimate of drug-likeness (QED) is 0.182. The summed E-state index contributed by atoms with van der Waals surface area (Å²) in [6.45, 7) is 12.5. The minimum Gasteiger partial charge on any atom is -0.515 e. The molecule has 0 spiro atoms. The summed E-state index contributed by atoms with van der Waals surface area (Å²) in [4.78, 5) is 62.3. The Hall–Kier alpha value is -5.77. The summed E-state index contributed by atoms with van der Waals surface area (Å²) in [6.07, 6.45) is 6.03. The normalized spacial score (nSPS) is 30.9. The molecule has 5 N–H and O–H groups in total. The van der Waals surface area contributed by atoms with Gasteiger partial charge in [0.15, 0.2) is 11.2 Å². The number of benzene rings is 2. The van der Waals surface area contributed by atoms with Crippen LogP contribution in [-0.2, 0) is 23.8 Å². The third kappa shape index (κ3) is 7.07. The van der Waals surface area contributed by atoms with Crippen LogP contribution in [0.5, 0.6) is 11.5 Å². The number of phenolic OH excluding ortho intramolecular Hbond substituents is 1. The van der Waals surface area contributed by atoms with Crippen LogP contribution >= 0.6 is 0 Å². The molecular formula is C43H49N3O12. The van der Waals surface area contributed by atoms with Crippen molar-refractivity contribution in [2.45, 2.75) is 85.6 Å². The summed E-state index contributed by atoms with van der Waals surface area (Å²) in [5.41, 5.74) is 0.0991. The van der Waals surface area contributed by atoms with E-state index >= 15 is 0 Å². The SMILES string of the molecule is CO[C@H]1/C=C/O[C@@]2(C)Oc3c(C)c(=O)c4c(O)c(c5c([nH]c6c/c(=C/O)ccn65)c4c3C2=O)=NC(=O)/C(C)=C\C=C\[C@H](C)[C@H](O)[C@@H](C)[C@@H](O)[C@@H](C)[C@H](OC(C)=O)[C@@H]1C. The molecule has 1 amide bonds. The number of nitrogens with zero attached hydrogens (tertiary/aromatic N) is 2. The number of aliphatic hydroxyl groups is 3. The molecule has 6 rings (SSSR count). The van der Waals surface area contributed by atoms with E-state index in [0.717, 1.165) is 6.26 Å². The number of amides is 1. The van der Waals surface area contributed by atoms with Gasteiger partial charge in [0, 0.05) is 72.6 Å². The molecule has 2 aromatic heterocycles. The highest BCUT2D eigenvalue weighted by atomic mass is 16.7. The molecule has 4 aromatic rings. The van der Waals surface area contributed by atoms with Crippen molar-refractivity contribution in [1.29, 1.82) is 0 Å². The van der Waals surface area contributed by atoms with Crippen molar-refractivity contribution in [3.8, 4) is 11.5 Å². The van der Waals surface area contributed by atoms with Crippen molar-refractivity contribution in [2.24, 2.45) is 28.7 Å². The second kappa shape index (κ2) is 15.9. The Bertz CT molecular complexity index is 2620. The molecular weight excluding hydrogens is 750 g/mol. The van der Waals surface area contributed by atoms with E-state index < -0.39 is 82.7 Å². The molecule has 15 nitrogen and oxygen atoms in total. The number of aliphatic hydroxyl groups excluding tert-OH is 3. The number of hydrogen-bond acceptors (Lipinski definition) is 12. The predicted molar refractivity (Wildman–Crippen MR) is 214 cm³/mol. The highest BCUT2D eigenvalue weighted by Gasteiger charge is 2.49. The zero-order valence-electron chi connectivity index (χ0n) is 33.8. The zero-order chi connectivity index (χ0) is 42.5. The molecule has 0 saturated heterocycles. The lowest BCUT2D eigenvalue weighted by atomic mass is 9.78. The first kappa shape index (κ1) is 41.9. The molecule has 308 valence electrons. The monoisotopic (exact) mass is 799 g/mol. The Morgan fingerprint density at radius 1 is 1.03 bits per heavy atom. The fourth-order valence-corrected chi connectivity index (χ4v) is 8.03. The molecule has 0 saturated carbocycles. The van der Waals surface area contributed by atoms with Gasteiger partial charge >= 0.3 is 11.8 Å². The number of ether oxygens (including phenoxy) is 4. The smallest absolute Gasteiger partial charge is 0.312 e. The Morgan fingerprint density at radius 2 is 1.74 bits per heavy atom. The number of phenols is 1. The van der Waals surface area contributed by atoms with E-state index in [1.165, 1.54) is 53.2 Å². The lowest BCUT2D eigenvalue weighted by Gasteiger charge is -2.38. The minimum atomic E-state index is -2.02. The van der Waals surface area contributed by atoms with Crippen molar-refractivity contribution >= 4 is 51.4 Å². The summed E-state index contributed by atoms with van der Waals surface area (Å²) in [5, 5.41) is 44.5. The maximum absolute atomic E-state index is 14.6. The molecule has 15 heteroatoms. The summed E-state index contributed by atoms with van der Waals surface area (Å²) < 4.78 is 25.3. The Morgan fingerprint density at radius 3 is 2.40 bits per heavy atom. The van der Waals surface area contributed by atoms with Crippen LogP contribution in [0.25, 0.3) is 33.7 Å². The number of H-pyrrole nitrogens is 1. The van der Waals surface area contributed by atoms with Crippen LogP contribution in [0.15, 0.2) is 64.3 Å². The molecule has 2 aliphatic rings. The van der Waals surface area contributed by atoms with Gasteiger partial charge in [0.1, 0.15) is 28.4 Å².